The van der Waals surface area contributed by atoms with E-state index in [2.05, 4.69) is 25.0 Å². The molecular weight excluding hydrogens is 369 g/mol. The van der Waals surface area contributed by atoms with Gasteiger partial charge in [0, 0.05) is 24.4 Å². The van der Waals surface area contributed by atoms with Crippen LogP contribution in [0.15, 0.2) is 28.7 Å². The minimum atomic E-state index is -0.225. The fourth-order valence-electron chi connectivity index (χ4n) is 4.13. The number of piperidine rings is 1. The summed E-state index contributed by atoms with van der Waals surface area (Å²) in [6.45, 7) is 5.56. The van der Waals surface area contributed by atoms with Gasteiger partial charge >= 0.3 is 0 Å². The third kappa shape index (κ3) is 3.59. The first kappa shape index (κ1) is 18.4. The number of hydrogen-bond donors (Lipinski definition) is 1. The van der Waals surface area contributed by atoms with Crippen LogP contribution in [0.25, 0.3) is 11.0 Å². The monoisotopic (exact) mass is 391 g/mol. The lowest BCUT2D eigenvalue weighted by molar-refractivity contribution is 0.188. The van der Waals surface area contributed by atoms with Gasteiger partial charge in [0.25, 0.3) is 0 Å². The Hall–Kier alpha value is -1.96. The van der Waals surface area contributed by atoms with Crippen LogP contribution in [0.1, 0.15) is 36.2 Å². The number of furan rings is 1. The molecule has 0 atom stereocenters. The van der Waals surface area contributed by atoms with Crippen LogP contribution in [0.2, 0.25) is 0 Å². The summed E-state index contributed by atoms with van der Waals surface area (Å²) in [7, 11) is 0. The molecule has 4 heterocycles. The van der Waals surface area contributed by atoms with E-state index < -0.39 is 0 Å². The van der Waals surface area contributed by atoms with Crippen molar-refractivity contribution in [1.82, 2.24) is 25.0 Å². The highest BCUT2D eigenvalue weighted by atomic mass is 35.5. The van der Waals surface area contributed by atoms with Crippen molar-refractivity contribution in [2.75, 3.05) is 19.6 Å². The van der Waals surface area contributed by atoms with Crippen LogP contribution >= 0.6 is 12.4 Å². The Labute approximate surface area is 163 Å². The molecule has 27 heavy (non-hydrogen) atoms. The summed E-state index contributed by atoms with van der Waals surface area (Å²) in [5.74, 6) is 3.37. The topological polar surface area (TPSA) is 59.1 Å². The van der Waals surface area contributed by atoms with Gasteiger partial charge in [-0.2, -0.15) is 0 Å². The molecule has 0 bridgehead atoms. The molecule has 1 fully saturated rings. The molecule has 5 rings (SSSR count). The first-order valence-corrected chi connectivity index (χ1v) is 9.29. The Morgan fingerprint density at radius 2 is 2.00 bits per heavy atom. The first-order chi connectivity index (χ1) is 12.8. The molecular formula is C19H23ClFN5O. The van der Waals surface area contributed by atoms with Crippen LogP contribution in [0, 0.1) is 5.82 Å². The van der Waals surface area contributed by atoms with Gasteiger partial charge in [0.2, 0.25) is 0 Å². The predicted octanol–water partition coefficient (Wildman–Crippen LogP) is 3.07. The fraction of sp³-hybridized carbons (Fsp3) is 0.474. The number of halogens is 2. The second-order valence-corrected chi connectivity index (χ2v) is 7.25. The summed E-state index contributed by atoms with van der Waals surface area (Å²) in [5.41, 5.74) is 0.750. The standard InChI is InChI=1S/C19H22FN5O.ClH/c20-15-1-2-17-14(9-15)10-16(26-17)12-24-6-3-13(4-7-24)19-23-22-18-11-21-5-8-25(18)19;/h1-2,9-10,13,21H,3-8,11-12H2;1H. The molecule has 0 unspecified atom stereocenters. The molecule has 1 saturated heterocycles. The van der Waals surface area contributed by atoms with Gasteiger partial charge in [-0.25, -0.2) is 4.39 Å². The van der Waals surface area contributed by atoms with Crippen LogP contribution in [0.3, 0.4) is 0 Å². The zero-order valence-electron chi connectivity index (χ0n) is 15.0. The van der Waals surface area contributed by atoms with Gasteiger partial charge in [0.15, 0.2) is 0 Å². The number of nitrogens with zero attached hydrogens (tertiary/aromatic N) is 4. The summed E-state index contributed by atoms with van der Waals surface area (Å²) >= 11 is 0. The van der Waals surface area contributed by atoms with Gasteiger partial charge in [-0.1, -0.05) is 0 Å². The molecule has 2 aliphatic rings. The van der Waals surface area contributed by atoms with Crippen molar-refractivity contribution in [2.45, 2.75) is 38.4 Å². The van der Waals surface area contributed by atoms with Crippen molar-refractivity contribution >= 4 is 23.4 Å². The second-order valence-electron chi connectivity index (χ2n) is 7.25. The molecule has 8 heteroatoms. The van der Waals surface area contributed by atoms with E-state index in [1.165, 1.54) is 12.1 Å². The maximum atomic E-state index is 13.3. The Morgan fingerprint density at radius 3 is 2.85 bits per heavy atom. The van der Waals surface area contributed by atoms with Gasteiger partial charge in [-0.05, 0) is 50.2 Å². The Balaban J connectivity index is 0.00000180. The predicted molar refractivity (Wildman–Crippen MR) is 102 cm³/mol. The number of likely N-dealkylation sites (tertiary alicyclic amines) is 1. The lowest BCUT2D eigenvalue weighted by Gasteiger charge is -2.31. The highest BCUT2D eigenvalue weighted by Crippen LogP contribution is 2.29. The van der Waals surface area contributed by atoms with Gasteiger partial charge in [-0.15, -0.1) is 22.6 Å². The summed E-state index contributed by atoms with van der Waals surface area (Å²) in [6.07, 6.45) is 2.17. The van der Waals surface area contributed by atoms with Crippen LogP contribution in [-0.4, -0.2) is 39.3 Å². The third-order valence-corrected chi connectivity index (χ3v) is 5.51. The average molecular weight is 392 g/mol. The molecule has 1 aromatic carbocycles. The maximum absolute atomic E-state index is 13.3. The average Bonchev–Trinajstić information content (AvgIpc) is 3.25. The molecule has 0 radical (unpaired) electrons. The molecule has 2 aliphatic heterocycles. The summed E-state index contributed by atoms with van der Waals surface area (Å²) in [5, 5.41) is 13.0. The molecule has 6 nitrogen and oxygen atoms in total. The summed E-state index contributed by atoms with van der Waals surface area (Å²) in [6, 6.07) is 6.61. The van der Waals surface area contributed by atoms with Crippen molar-refractivity contribution < 1.29 is 8.81 Å². The van der Waals surface area contributed by atoms with Crippen molar-refractivity contribution in [1.29, 1.82) is 0 Å². The van der Waals surface area contributed by atoms with E-state index in [9.17, 15) is 4.39 Å². The molecule has 2 aromatic heterocycles. The van der Waals surface area contributed by atoms with Gasteiger partial charge in [-0.3, -0.25) is 4.90 Å². The van der Waals surface area contributed by atoms with E-state index in [0.717, 1.165) is 80.5 Å². The zero-order chi connectivity index (χ0) is 17.5. The van der Waals surface area contributed by atoms with Crippen LogP contribution in [0.4, 0.5) is 4.39 Å². The molecule has 144 valence electrons. The minimum absolute atomic E-state index is 0. The molecule has 0 amide bonds. The van der Waals surface area contributed by atoms with Crippen LogP contribution < -0.4 is 5.32 Å². The van der Waals surface area contributed by atoms with Crippen LogP contribution in [0.5, 0.6) is 0 Å². The molecule has 0 aliphatic carbocycles. The Kier molecular flexibility index (Phi) is 5.16. The van der Waals surface area contributed by atoms with Crippen molar-refractivity contribution in [3.05, 3.63) is 47.5 Å². The summed E-state index contributed by atoms with van der Waals surface area (Å²) in [4.78, 5) is 2.40. The van der Waals surface area contributed by atoms with Crippen molar-refractivity contribution in [2.24, 2.45) is 0 Å². The minimum Gasteiger partial charge on any atom is -0.460 e. The molecule has 0 saturated carbocycles. The highest BCUT2D eigenvalue weighted by Gasteiger charge is 2.27. The van der Waals surface area contributed by atoms with E-state index >= 15 is 0 Å². The highest BCUT2D eigenvalue weighted by molar-refractivity contribution is 5.85. The third-order valence-electron chi connectivity index (χ3n) is 5.51. The lowest BCUT2D eigenvalue weighted by atomic mass is 9.95. The number of nitrogens with one attached hydrogen (secondary N) is 1. The number of aromatic nitrogens is 3. The van der Waals surface area contributed by atoms with Crippen molar-refractivity contribution in [3.63, 3.8) is 0 Å². The molecule has 3 aromatic rings. The smallest absolute Gasteiger partial charge is 0.147 e. The lowest BCUT2D eigenvalue weighted by Crippen LogP contribution is -2.34. The van der Waals surface area contributed by atoms with Crippen LogP contribution in [-0.2, 0) is 19.6 Å². The number of benzene rings is 1. The molecule has 1 N–H and O–H groups in total. The van der Waals surface area contributed by atoms with E-state index in [0.29, 0.717) is 5.92 Å². The number of fused-ring (bicyclic) bond motifs is 2. The Bertz CT molecular complexity index is 931. The van der Waals surface area contributed by atoms with E-state index in [1.54, 1.807) is 6.07 Å². The Morgan fingerprint density at radius 1 is 1.15 bits per heavy atom. The maximum Gasteiger partial charge on any atom is 0.147 e. The SMILES string of the molecule is Cl.Fc1ccc2oc(CN3CCC(c4nnc5n4CCNC5)CC3)cc2c1. The zero-order valence-corrected chi connectivity index (χ0v) is 15.8. The molecule has 0 spiro atoms. The van der Waals surface area contributed by atoms with E-state index in [-0.39, 0.29) is 18.2 Å². The van der Waals surface area contributed by atoms with Crippen molar-refractivity contribution in [3.8, 4) is 0 Å². The van der Waals surface area contributed by atoms with E-state index in [4.69, 9.17) is 4.42 Å². The van der Waals surface area contributed by atoms with Gasteiger partial charge in [0.05, 0.1) is 13.1 Å². The van der Waals surface area contributed by atoms with E-state index in [1.807, 2.05) is 6.07 Å². The quantitative estimate of drug-likeness (QED) is 0.743. The second kappa shape index (κ2) is 7.58. The summed E-state index contributed by atoms with van der Waals surface area (Å²) < 4.78 is 21.5. The van der Waals surface area contributed by atoms with Gasteiger partial charge in [0.1, 0.15) is 28.8 Å². The normalized spacial score (nSPS) is 18.4. The number of hydrogen-bond acceptors (Lipinski definition) is 5. The van der Waals surface area contributed by atoms with Gasteiger partial charge < -0.3 is 14.3 Å². The largest absolute Gasteiger partial charge is 0.460 e. The fourth-order valence-corrected chi connectivity index (χ4v) is 4.13. The first-order valence-electron chi connectivity index (χ1n) is 9.29. The number of rotatable bonds is 3.